The van der Waals surface area contributed by atoms with Crippen molar-refractivity contribution in [1.82, 2.24) is 4.90 Å². The number of hydrogen-bond donors (Lipinski definition) is 1. The van der Waals surface area contributed by atoms with E-state index in [1.807, 2.05) is 0 Å². The Bertz CT molecular complexity index is 306. The Morgan fingerprint density at radius 2 is 2.00 bits per heavy atom. The molecule has 0 bridgehead atoms. The second-order valence-electron chi connectivity index (χ2n) is 4.53. The molecule has 0 N–H and O–H groups in total. The van der Waals surface area contributed by atoms with Gasteiger partial charge in [0.05, 0.1) is 0 Å². The lowest BCUT2D eigenvalue weighted by molar-refractivity contribution is 0.264. The van der Waals surface area contributed by atoms with Gasteiger partial charge < -0.3 is 0 Å². The van der Waals surface area contributed by atoms with Crippen LogP contribution in [-0.2, 0) is 9.84 Å². The first kappa shape index (κ1) is 15.7. The van der Waals surface area contributed by atoms with Crippen LogP contribution >= 0.6 is 24.4 Å². The molecule has 1 unspecified atom stereocenters. The molecular weight excluding hydrogens is 274 g/mol. The zero-order valence-corrected chi connectivity index (χ0v) is 13.0. The summed E-state index contributed by atoms with van der Waals surface area (Å²) < 4.78 is 23.3. The van der Waals surface area contributed by atoms with E-state index in [1.54, 1.807) is 11.8 Å². The monoisotopic (exact) mass is 297 g/mol. The zero-order chi connectivity index (χ0) is 12.7. The van der Waals surface area contributed by atoms with Gasteiger partial charge in [-0.25, -0.2) is 8.42 Å². The van der Waals surface area contributed by atoms with Crippen LogP contribution in [0, 0.1) is 0 Å². The molecule has 0 aromatic carbocycles. The lowest BCUT2D eigenvalue weighted by Crippen LogP contribution is -2.47. The van der Waals surface area contributed by atoms with E-state index in [0.717, 1.165) is 43.2 Å². The van der Waals surface area contributed by atoms with Crippen LogP contribution in [0.25, 0.3) is 0 Å². The summed E-state index contributed by atoms with van der Waals surface area (Å²) >= 11 is 5.93. The first-order valence-corrected chi connectivity index (χ1v) is 9.91. The Kier molecular flexibility index (Phi) is 7.30. The normalized spacial score (nSPS) is 22.8. The van der Waals surface area contributed by atoms with E-state index in [-0.39, 0.29) is 5.37 Å². The molecule has 0 aliphatic carbocycles. The minimum absolute atomic E-state index is 0.258. The maximum absolute atomic E-state index is 11.7. The highest BCUT2D eigenvalue weighted by atomic mass is 32.2. The fraction of sp³-hybridized carbons (Fsp3) is 1.00. The fourth-order valence-corrected chi connectivity index (χ4v) is 5.24. The zero-order valence-electron chi connectivity index (χ0n) is 10.5. The average molecular weight is 298 g/mol. The smallest absolute Gasteiger partial charge is 0.164 e. The quantitative estimate of drug-likeness (QED) is 0.575. The van der Waals surface area contributed by atoms with Gasteiger partial charge in [0.25, 0.3) is 0 Å². The highest BCUT2D eigenvalue weighted by Gasteiger charge is 2.30. The van der Waals surface area contributed by atoms with Crippen molar-refractivity contribution >= 4 is 34.2 Å². The largest absolute Gasteiger partial charge is 0.286 e. The van der Waals surface area contributed by atoms with Crippen LogP contribution in [0.5, 0.6) is 0 Å². The number of rotatable bonds is 7. The number of thiol groups is 1. The van der Waals surface area contributed by atoms with E-state index < -0.39 is 9.84 Å². The van der Waals surface area contributed by atoms with Crippen molar-refractivity contribution in [2.45, 2.75) is 31.1 Å². The minimum atomic E-state index is -2.93. The summed E-state index contributed by atoms with van der Waals surface area (Å²) in [5.74, 6) is 2.74. The third-order valence-electron chi connectivity index (χ3n) is 3.04. The van der Waals surface area contributed by atoms with Gasteiger partial charge >= 0.3 is 0 Å². The number of unbranched alkanes of at least 4 members (excludes halogenated alkanes) is 3. The van der Waals surface area contributed by atoms with Crippen molar-refractivity contribution in [2.75, 3.05) is 36.6 Å². The Balaban J connectivity index is 2.33. The molecule has 1 aliphatic rings. The summed E-state index contributed by atoms with van der Waals surface area (Å²) in [5, 5.41) is -0.258. The highest BCUT2D eigenvalue weighted by molar-refractivity contribution is 8.00. The van der Waals surface area contributed by atoms with Gasteiger partial charge in [-0.05, 0) is 25.1 Å². The van der Waals surface area contributed by atoms with E-state index in [2.05, 4.69) is 17.5 Å². The molecule has 17 heavy (non-hydrogen) atoms. The summed E-state index contributed by atoms with van der Waals surface area (Å²) in [4.78, 5) is 2.15. The second-order valence-corrected chi connectivity index (χ2v) is 8.33. The molecule has 1 rings (SSSR count). The Hall–Kier alpha value is 0.610. The summed E-state index contributed by atoms with van der Waals surface area (Å²) in [6.07, 6.45) is 6.01. The van der Waals surface area contributed by atoms with Crippen LogP contribution < -0.4 is 0 Å². The van der Waals surface area contributed by atoms with Crippen molar-refractivity contribution in [3.8, 4) is 0 Å². The van der Waals surface area contributed by atoms with Crippen molar-refractivity contribution < 1.29 is 8.42 Å². The molecule has 0 radical (unpaired) electrons. The van der Waals surface area contributed by atoms with E-state index >= 15 is 0 Å². The van der Waals surface area contributed by atoms with Crippen LogP contribution in [0.1, 0.15) is 25.7 Å². The fourth-order valence-electron chi connectivity index (χ4n) is 2.05. The van der Waals surface area contributed by atoms with Gasteiger partial charge in [0.15, 0.2) is 9.84 Å². The molecule has 1 saturated heterocycles. The molecule has 1 atom stereocenters. The van der Waals surface area contributed by atoms with Crippen LogP contribution in [0.4, 0.5) is 0 Å². The number of hydrogen-bond acceptors (Lipinski definition) is 5. The number of sulfone groups is 1. The predicted molar refractivity (Wildman–Crippen MR) is 79.9 cm³/mol. The minimum Gasteiger partial charge on any atom is -0.286 e. The lowest BCUT2D eigenvalue weighted by atomic mass is 10.2. The molecule has 0 amide bonds. The summed E-state index contributed by atoms with van der Waals surface area (Å²) in [6.45, 7) is 1.83. The van der Waals surface area contributed by atoms with Crippen LogP contribution in [0.2, 0.25) is 0 Å². The number of nitrogens with zero attached hydrogens (tertiary/aromatic N) is 1. The highest BCUT2D eigenvalue weighted by Crippen LogP contribution is 2.20. The first-order chi connectivity index (χ1) is 8.05. The average Bonchev–Trinajstić information content (AvgIpc) is 2.28. The third-order valence-corrected chi connectivity index (χ3v) is 6.04. The van der Waals surface area contributed by atoms with E-state index in [1.165, 1.54) is 19.1 Å². The van der Waals surface area contributed by atoms with Gasteiger partial charge in [-0.1, -0.05) is 12.8 Å². The standard InChI is InChI=1S/C11H23NO2S3/c1-17(13,14)11-10-16-9-7-12(11)6-4-2-3-5-8-15/h11,15H,2-10H2,1H3. The van der Waals surface area contributed by atoms with E-state index in [4.69, 9.17) is 0 Å². The molecule has 1 fully saturated rings. The topological polar surface area (TPSA) is 37.4 Å². The molecule has 0 spiro atoms. The van der Waals surface area contributed by atoms with Gasteiger partial charge in [-0.15, -0.1) is 0 Å². The molecule has 1 heterocycles. The van der Waals surface area contributed by atoms with Crippen LogP contribution in [0.3, 0.4) is 0 Å². The van der Waals surface area contributed by atoms with Crippen molar-refractivity contribution in [3.63, 3.8) is 0 Å². The van der Waals surface area contributed by atoms with Gasteiger partial charge in [-0.2, -0.15) is 24.4 Å². The first-order valence-electron chi connectivity index (χ1n) is 6.17. The Morgan fingerprint density at radius 1 is 1.29 bits per heavy atom. The number of thioether (sulfide) groups is 1. The maximum Gasteiger partial charge on any atom is 0.164 e. The van der Waals surface area contributed by atoms with E-state index in [0.29, 0.717) is 0 Å². The molecule has 6 heteroatoms. The third kappa shape index (κ3) is 5.85. The summed E-state index contributed by atoms with van der Waals surface area (Å²) in [7, 11) is -2.93. The SMILES string of the molecule is CS(=O)(=O)C1CSCCN1CCCCCCS. The van der Waals surface area contributed by atoms with Gasteiger partial charge in [0.1, 0.15) is 5.37 Å². The van der Waals surface area contributed by atoms with Crippen molar-refractivity contribution in [1.29, 1.82) is 0 Å². The Labute approximate surface area is 115 Å². The van der Waals surface area contributed by atoms with Gasteiger partial charge in [0.2, 0.25) is 0 Å². The molecule has 3 nitrogen and oxygen atoms in total. The van der Waals surface area contributed by atoms with Crippen molar-refractivity contribution in [2.24, 2.45) is 0 Å². The predicted octanol–water partition coefficient (Wildman–Crippen LogP) is 1.90. The molecule has 102 valence electrons. The van der Waals surface area contributed by atoms with Crippen molar-refractivity contribution in [3.05, 3.63) is 0 Å². The van der Waals surface area contributed by atoms with Gasteiger partial charge in [0, 0.05) is 24.3 Å². The molecule has 0 saturated carbocycles. The lowest BCUT2D eigenvalue weighted by Gasteiger charge is -2.33. The second kappa shape index (κ2) is 7.92. The maximum atomic E-state index is 11.7. The van der Waals surface area contributed by atoms with Crippen LogP contribution in [-0.4, -0.2) is 55.3 Å². The Morgan fingerprint density at radius 3 is 2.65 bits per heavy atom. The molecule has 1 aliphatic heterocycles. The summed E-state index contributed by atoms with van der Waals surface area (Å²) in [5.41, 5.74) is 0. The molecule has 0 aromatic heterocycles. The van der Waals surface area contributed by atoms with Crippen LogP contribution in [0.15, 0.2) is 0 Å². The molecular formula is C11H23NO2S3. The molecule has 0 aromatic rings. The van der Waals surface area contributed by atoms with Gasteiger partial charge in [-0.3, -0.25) is 4.90 Å². The summed E-state index contributed by atoms with van der Waals surface area (Å²) in [6, 6.07) is 0. The van der Waals surface area contributed by atoms with E-state index in [9.17, 15) is 8.42 Å².